The zero-order valence-electron chi connectivity index (χ0n) is 12.4. The first kappa shape index (κ1) is 15.1. The monoisotopic (exact) mass is 318 g/mol. The van der Waals surface area contributed by atoms with Gasteiger partial charge in [-0.2, -0.15) is 0 Å². The molecule has 7 heteroatoms. The second-order valence-corrected chi connectivity index (χ2v) is 6.19. The number of morpholine rings is 1. The van der Waals surface area contributed by atoms with Crippen molar-refractivity contribution < 1.29 is 9.53 Å². The van der Waals surface area contributed by atoms with Crippen LogP contribution in [0.25, 0.3) is 0 Å². The molecular formula is C15H18N4O2S. The van der Waals surface area contributed by atoms with Gasteiger partial charge in [-0.3, -0.25) is 9.78 Å². The Morgan fingerprint density at radius 2 is 2.41 bits per heavy atom. The van der Waals surface area contributed by atoms with E-state index in [0.717, 1.165) is 24.2 Å². The molecule has 116 valence electrons. The fraction of sp³-hybridized carbons (Fsp3) is 0.467. The van der Waals surface area contributed by atoms with E-state index in [1.54, 1.807) is 18.0 Å². The molecule has 3 heterocycles. The Hall–Kier alpha value is -1.86. The van der Waals surface area contributed by atoms with E-state index < -0.39 is 0 Å². The SMILES string of the molecule is Cc1cc(CCC2CN(C(=O)c3cncs3)CCO2)ncn1. The van der Waals surface area contributed by atoms with Crippen molar-refractivity contribution in [3.63, 3.8) is 0 Å². The summed E-state index contributed by atoms with van der Waals surface area (Å²) in [6, 6.07) is 1.99. The average Bonchev–Trinajstić information content (AvgIpc) is 3.07. The number of thiazole rings is 1. The van der Waals surface area contributed by atoms with Gasteiger partial charge in [0.1, 0.15) is 11.2 Å². The smallest absolute Gasteiger partial charge is 0.265 e. The van der Waals surface area contributed by atoms with Crippen molar-refractivity contribution in [3.8, 4) is 0 Å². The minimum Gasteiger partial charge on any atom is -0.375 e. The average molecular weight is 318 g/mol. The number of carbonyl (C=O) groups excluding carboxylic acids is 1. The van der Waals surface area contributed by atoms with Crippen LogP contribution in [0.4, 0.5) is 0 Å². The van der Waals surface area contributed by atoms with E-state index in [9.17, 15) is 4.79 Å². The van der Waals surface area contributed by atoms with Gasteiger partial charge < -0.3 is 9.64 Å². The molecule has 0 aromatic carbocycles. The summed E-state index contributed by atoms with van der Waals surface area (Å²) in [4.78, 5) is 27.2. The van der Waals surface area contributed by atoms with Gasteiger partial charge >= 0.3 is 0 Å². The Morgan fingerprint density at radius 3 is 3.18 bits per heavy atom. The van der Waals surface area contributed by atoms with E-state index in [-0.39, 0.29) is 12.0 Å². The van der Waals surface area contributed by atoms with Crippen LogP contribution in [0.1, 0.15) is 27.5 Å². The zero-order chi connectivity index (χ0) is 15.4. The largest absolute Gasteiger partial charge is 0.375 e. The fourth-order valence-corrected chi connectivity index (χ4v) is 3.10. The Labute approximate surface area is 133 Å². The van der Waals surface area contributed by atoms with Crippen LogP contribution < -0.4 is 0 Å². The summed E-state index contributed by atoms with van der Waals surface area (Å²) in [6.45, 7) is 3.80. The minimum atomic E-state index is 0.0497. The maximum atomic E-state index is 12.3. The van der Waals surface area contributed by atoms with Gasteiger partial charge in [-0.1, -0.05) is 0 Å². The van der Waals surface area contributed by atoms with Gasteiger partial charge in [0.2, 0.25) is 0 Å². The molecule has 0 spiro atoms. The highest BCUT2D eigenvalue weighted by Gasteiger charge is 2.25. The van der Waals surface area contributed by atoms with Crippen molar-refractivity contribution in [1.29, 1.82) is 0 Å². The van der Waals surface area contributed by atoms with E-state index in [4.69, 9.17) is 4.74 Å². The first-order valence-corrected chi connectivity index (χ1v) is 8.17. The van der Waals surface area contributed by atoms with Crippen LogP contribution in [0.3, 0.4) is 0 Å². The third kappa shape index (κ3) is 3.66. The van der Waals surface area contributed by atoms with Gasteiger partial charge in [-0.25, -0.2) is 9.97 Å². The van der Waals surface area contributed by atoms with Gasteiger partial charge in [-0.05, 0) is 25.8 Å². The van der Waals surface area contributed by atoms with Crippen LogP contribution >= 0.6 is 11.3 Å². The molecule has 3 rings (SSSR count). The summed E-state index contributed by atoms with van der Waals surface area (Å²) in [7, 11) is 0. The first-order chi connectivity index (χ1) is 10.7. The van der Waals surface area contributed by atoms with Gasteiger partial charge in [0.25, 0.3) is 5.91 Å². The molecule has 1 aliphatic heterocycles. The molecule has 0 N–H and O–H groups in total. The molecule has 1 saturated heterocycles. The third-order valence-electron chi connectivity index (χ3n) is 3.65. The number of hydrogen-bond donors (Lipinski definition) is 0. The quantitative estimate of drug-likeness (QED) is 0.858. The molecule has 0 bridgehead atoms. The predicted octanol–water partition coefficient (Wildman–Crippen LogP) is 1.72. The molecule has 1 atom stereocenters. The van der Waals surface area contributed by atoms with Crippen molar-refractivity contribution in [2.45, 2.75) is 25.9 Å². The van der Waals surface area contributed by atoms with Crippen molar-refractivity contribution in [2.75, 3.05) is 19.7 Å². The molecule has 1 amide bonds. The Kier molecular flexibility index (Phi) is 4.74. The molecule has 1 fully saturated rings. The van der Waals surface area contributed by atoms with Crippen molar-refractivity contribution in [3.05, 3.63) is 40.4 Å². The van der Waals surface area contributed by atoms with Crippen LogP contribution in [-0.2, 0) is 11.2 Å². The van der Waals surface area contributed by atoms with E-state index in [2.05, 4.69) is 15.0 Å². The molecule has 1 aliphatic rings. The lowest BCUT2D eigenvalue weighted by Crippen LogP contribution is -2.45. The van der Waals surface area contributed by atoms with Crippen molar-refractivity contribution in [2.24, 2.45) is 0 Å². The number of aryl methyl sites for hydroxylation is 2. The molecule has 22 heavy (non-hydrogen) atoms. The second kappa shape index (κ2) is 6.93. The lowest BCUT2D eigenvalue weighted by molar-refractivity contribution is -0.0245. The molecular weight excluding hydrogens is 300 g/mol. The number of rotatable bonds is 4. The third-order valence-corrected chi connectivity index (χ3v) is 4.41. The van der Waals surface area contributed by atoms with Gasteiger partial charge in [0.15, 0.2) is 0 Å². The van der Waals surface area contributed by atoms with E-state index in [1.165, 1.54) is 11.3 Å². The van der Waals surface area contributed by atoms with Crippen LogP contribution in [0, 0.1) is 6.92 Å². The number of carbonyl (C=O) groups is 1. The highest BCUT2D eigenvalue weighted by molar-refractivity contribution is 7.11. The molecule has 6 nitrogen and oxygen atoms in total. The van der Waals surface area contributed by atoms with Gasteiger partial charge in [-0.15, -0.1) is 11.3 Å². The summed E-state index contributed by atoms with van der Waals surface area (Å²) in [5.74, 6) is 0.0497. The summed E-state index contributed by atoms with van der Waals surface area (Å²) < 4.78 is 5.78. The number of amides is 1. The van der Waals surface area contributed by atoms with Gasteiger partial charge in [0.05, 0.1) is 24.4 Å². The van der Waals surface area contributed by atoms with Crippen LogP contribution in [0.15, 0.2) is 24.1 Å². The Morgan fingerprint density at radius 1 is 1.50 bits per heavy atom. The van der Waals surface area contributed by atoms with E-state index in [1.807, 2.05) is 17.9 Å². The number of hydrogen-bond acceptors (Lipinski definition) is 6. The maximum absolute atomic E-state index is 12.3. The minimum absolute atomic E-state index is 0.0497. The zero-order valence-corrected chi connectivity index (χ0v) is 13.3. The standard InChI is InChI=1S/C15H18N4O2S/c1-11-6-12(18-9-17-11)2-3-13-8-19(4-5-21-13)15(20)14-7-16-10-22-14/h6-7,9-10,13H,2-5,8H2,1H3. The summed E-state index contributed by atoms with van der Waals surface area (Å²) in [6.07, 6.45) is 4.95. The number of ether oxygens (including phenoxy) is 1. The molecule has 1 unspecified atom stereocenters. The highest BCUT2D eigenvalue weighted by Crippen LogP contribution is 2.16. The normalized spacial score (nSPS) is 18.4. The fourth-order valence-electron chi connectivity index (χ4n) is 2.51. The molecule has 2 aromatic heterocycles. The van der Waals surface area contributed by atoms with Crippen LogP contribution in [0.2, 0.25) is 0 Å². The first-order valence-electron chi connectivity index (χ1n) is 7.29. The molecule has 0 saturated carbocycles. The topological polar surface area (TPSA) is 68.2 Å². The number of nitrogens with zero attached hydrogens (tertiary/aromatic N) is 4. The van der Waals surface area contributed by atoms with E-state index >= 15 is 0 Å². The van der Waals surface area contributed by atoms with Crippen molar-refractivity contribution in [1.82, 2.24) is 19.9 Å². The molecule has 0 aliphatic carbocycles. The number of aromatic nitrogens is 3. The lowest BCUT2D eigenvalue weighted by atomic mass is 10.1. The maximum Gasteiger partial charge on any atom is 0.265 e. The predicted molar refractivity (Wildman–Crippen MR) is 82.8 cm³/mol. The Balaban J connectivity index is 1.55. The van der Waals surface area contributed by atoms with Crippen LogP contribution in [0.5, 0.6) is 0 Å². The summed E-state index contributed by atoms with van der Waals surface area (Å²) in [5, 5.41) is 0. The Bertz CT molecular complexity index is 632. The van der Waals surface area contributed by atoms with Crippen molar-refractivity contribution >= 4 is 17.2 Å². The van der Waals surface area contributed by atoms with Gasteiger partial charge in [0, 0.05) is 24.5 Å². The summed E-state index contributed by atoms with van der Waals surface area (Å²) >= 11 is 1.38. The second-order valence-electron chi connectivity index (χ2n) is 5.30. The van der Waals surface area contributed by atoms with E-state index in [0.29, 0.717) is 24.6 Å². The lowest BCUT2D eigenvalue weighted by Gasteiger charge is -2.32. The summed E-state index contributed by atoms with van der Waals surface area (Å²) in [5.41, 5.74) is 3.67. The molecule has 0 radical (unpaired) electrons. The molecule has 2 aromatic rings. The highest BCUT2D eigenvalue weighted by atomic mass is 32.1. The van der Waals surface area contributed by atoms with Crippen LogP contribution in [-0.4, -0.2) is 51.6 Å².